The number of ether oxygens (including phenoxy) is 2. The highest BCUT2D eigenvalue weighted by Crippen LogP contribution is 2.40. The Morgan fingerprint density at radius 1 is 0.972 bits per heavy atom. The lowest BCUT2D eigenvalue weighted by Crippen LogP contribution is -2.19. The number of thioether (sulfide) groups is 1. The number of nitrogens with zero attached hydrogens (tertiary/aromatic N) is 1. The third-order valence-corrected chi connectivity index (χ3v) is 7.41. The molecule has 186 valence electrons. The number of hydrogen-bond acceptors (Lipinski definition) is 5. The number of amidine groups is 1. The number of carbonyl (C=O) groups is 1. The van der Waals surface area contributed by atoms with Gasteiger partial charge in [-0.05, 0) is 66.7 Å². The smallest absolute Gasteiger partial charge is 0.264 e. The molecule has 1 aliphatic heterocycles. The summed E-state index contributed by atoms with van der Waals surface area (Å²) in [7, 11) is 0. The second kappa shape index (κ2) is 12.0. The van der Waals surface area contributed by atoms with Crippen molar-refractivity contribution in [1.29, 1.82) is 0 Å². The van der Waals surface area contributed by atoms with Gasteiger partial charge in [0.25, 0.3) is 5.91 Å². The predicted octanol–water partition coefficient (Wildman–Crippen LogP) is 8.82. The number of halogens is 5. The Balaban J connectivity index is 1.58. The van der Waals surface area contributed by atoms with E-state index in [1.807, 2.05) is 6.92 Å². The fourth-order valence-corrected chi connectivity index (χ4v) is 5.09. The Morgan fingerprint density at radius 3 is 2.53 bits per heavy atom. The van der Waals surface area contributed by atoms with Gasteiger partial charge >= 0.3 is 0 Å². The van der Waals surface area contributed by atoms with Gasteiger partial charge in [0, 0.05) is 15.6 Å². The van der Waals surface area contributed by atoms with Crippen LogP contribution in [0, 0.1) is 0 Å². The lowest BCUT2D eigenvalue weighted by molar-refractivity contribution is -0.115. The minimum atomic E-state index is -0.302. The number of hydrogen-bond donors (Lipinski definition) is 1. The molecule has 0 radical (unpaired) electrons. The summed E-state index contributed by atoms with van der Waals surface area (Å²) in [6.07, 6.45) is 1.69. The molecule has 1 amide bonds. The Labute approximate surface area is 237 Å². The van der Waals surface area contributed by atoms with Gasteiger partial charge in [0.2, 0.25) is 0 Å². The molecule has 0 atom stereocenters. The van der Waals surface area contributed by atoms with Crippen LogP contribution < -0.4 is 14.8 Å². The van der Waals surface area contributed by atoms with Gasteiger partial charge in [-0.25, -0.2) is 4.99 Å². The van der Waals surface area contributed by atoms with Gasteiger partial charge in [0.05, 0.1) is 32.3 Å². The predicted molar refractivity (Wildman–Crippen MR) is 151 cm³/mol. The van der Waals surface area contributed by atoms with Crippen LogP contribution in [-0.4, -0.2) is 17.7 Å². The number of nitrogens with one attached hydrogen (secondary N) is 1. The molecule has 0 saturated carbocycles. The SMILES string of the molecule is CCOc1cc(/C=C2/SC(=Nc3cccc(Cl)c3Cl)NC2=O)cc(Cl)c1OCc1ccc(Cl)cc1Cl. The molecule has 5 nitrogen and oxygen atoms in total. The van der Waals surface area contributed by atoms with Crippen molar-refractivity contribution in [2.45, 2.75) is 13.5 Å². The third-order valence-electron chi connectivity index (χ3n) is 4.82. The highest BCUT2D eigenvalue weighted by atomic mass is 35.5. The summed E-state index contributed by atoms with van der Waals surface area (Å²) >= 11 is 32.2. The van der Waals surface area contributed by atoms with Crippen molar-refractivity contribution in [2.24, 2.45) is 4.99 Å². The molecule has 0 spiro atoms. The Bertz CT molecular complexity index is 1390. The molecule has 0 unspecified atom stereocenters. The van der Waals surface area contributed by atoms with Crippen LogP contribution in [0.5, 0.6) is 11.5 Å². The molecule has 0 aliphatic carbocycles. The number of rotatable bonds is 7. The first-order valence-electron chi connectivity index (χ1n) is 10.5. The highest BCUT2D eigenvalue weighted by molar-refractivity contribution is 8.18. The topological polar surface area (TPSA) is 59.9 Å². The molecule has 4 rings (SSSR count). The minimum Gasteiger partial charge on any atom is -0.490 e. The lowest BCUT2D eigenvalue weighted by atomic mass is 10.1. The van der Waals surface area contributed by atoms with Gasteiger partial charge < -0.3 is 14.8 Å². The van der Waals surface area contributed by atoms with Crippen LogP contribution in [0.3, 0.4) is 0 Å². The molecule has 0 aromatic heterocycles. The summed E-state index contributed by atoms with van der Waals surface area (Å²) in [5.74, 6) is 0.502. The van der Waals surface area contributed by atoms with E-state index in [-0.39, 0.29) is 12.5 Å². The van der Waals surface area contributed by atoms with Crippen molar-refractivity contribution in [3.05, 3.63) is 89.7 Å². The van der Waals surface area contributed by atoms with E-state index >= 15 is 0 Å². The number of amides is 1. The first kappa shape index (κ1) is 27.0. The van der Waals surface area contributed by atoms with Gasteiger partial charge in [0.15, 0.2) is 16.7 Å². The zero-order chi connectivity index (χ0) is 25.8. The Kier molecular flexibility index (Phi) is 8.99. The number of benzene rings is 3. The van der Waals surface area contributed by atoms with E-state index in [9.17, 15) is 4.79 Å². The first-order chi connectivity index (χ1) is 17.2. The average Bonchev–Trinajstić information content (AvgIpc) is 3.16. The van der Waals surface area contributed by atoms with Crippen molar-refractivity contribution in [1.82, 2.24) is 5.32 Å². The van der Waals surface area contributed by atoms with Gasteiger partial charge in [-0.3, -0.25) is 4.79 Å². The standard InChI is InChI=1S/C25H17Cl5N2O3S/c1-2-34-20-9-13(8-18(29)23(20)35-12-14-6-7-15(26)11-17(14)28)10-21-24(33)32-25(36-21)31-19-5-3-4-16(27)22(19)30/h3-11H,2,12H2,1H3,(H,31,32,33)/b21-10+. The van der Waals surface area contributed by atoms with Crippen molar-refractivity contribution in [3.8, 4) is 11.5 Å². The normalized spacial score (nSPS) is 15.4. The molecule has 3 aromatic carbocycles. The summed E-state index contributed by atoms with van der Waals surface area (Å²) in [6, 6.07) is 13.7. The van der Waals surface area contributed by atoms with Crippen LogP contribution in [0.15, 0.2) is 58.4 Å². The Morgan fingerprint density at radius 2 is 1.78 bits per heavy atom. The van der Waals surface area contributed by atoms with Crippen molar-refractivity contribution >= 4 is 92.6 Å². The quantitative estimate of drug-likeness (QED) is 0.275. The fourth-order valence-electron chi connectivity index (χ4n) is 3.18. The van der Waals surface area contributed by atoms with Crippen LogP contribution in [0.25, 0.3) is 6.08 Å². The van der Waals surface area contributed by atoms with E-state index in [0.717, 1.165) is 5.56 Å². The first-order valence-corrected chi connectivity index (χ1v) is 13.2. The van der Waals surface area contributed by atoms with E-state index in [4.69, 9.17) is 67.5 Å². The summed E-state index contributed by atoms with van der Waals surface area (Å²) in [6.45, 7) is 2.41. The maximum absolute atomic E-state index is 12.6. The van der Waals surface area contributed by atoms with Crippen molar-refractivity contribution < 1.29 is 14.3 Å². The fraction of sp³-hybridized carbons (Fsp3) is 0.120. The molecule has 0 bridgehead atoms. The van der Waals surface area contributed by atoms with E-state index in [1.165, 1.54) is 11.8 Å². The Hall–Kier alpha value is -2.06. The molecular formula is C25H17Cl5N2O3S. The van der Waals surface area contributed by atoms with Gasteiger partial charge in [-0.2, -0.15) is 0 Å². The molecular weight excluding hydrogens is 586 g/mol. The third kappa shape index (κ3) is 6.43. The van der Waals surface area contributed by atoms with Crippen LogP contribution in [0.2, 0.25) is 25.1 Å². The van der Waals surface area contributed by atoms with Crippen molar-refractivity contribution in [3.63, 3.8) is 0 Å². The molecule has 1 heterocycles. The molecule has 36 heavy (non-hydrogen) atoms. The van der Waals surface area contributed by atoms with Gasteiger partial charge in [-0.15, -0.1) is 0 Å². The van der Waals surface area contributed by atoms with E-state index < -0.39 is 0 Å². The van der Waals surface area contributed by atoms with Crippen LogP contribution >= 0.6 is 69.8 Å². The van der Waals surface area contributed by atoms with Gasteiger partial charge in [-0.1, -0.05) is 70.1 Å². The van der Waals surface area contributed by atoms with Crippen LogP contribution in [0.1, 0.15) is 18.1 Å². The summed E-state index contributed by atoms with van der Waals surface area (Å²) in [5.41, 5.74) is 1.86. The van der Waals surface area contributed by atoms with Crippen molar-refractivity contribution in [2.75, 3.05) is 6.61 Å². The molecule has 1 fully saturated rings. The molecule has 11 heteroatoms. The minimum absolute atomic E-state index is 0.167. The van der Waals surface area contributed by atoms with E-state index in [1.54, 1.807) is 54.6 Å². The monoisotopic (exact) mass is 600 g/mol. The summed E-state index contributed by atoms with van der Waals surface area (Å²) in [5, 5.41) is 5.13. The van der Waals surface area contributed by atoms with E-state index in [0.29, 0.717) is 64.5 Å². The molecule has 3 aromatic rings. The summed E-state index contributed by atoms with van der Waals surface area (Å²) < 4.78 is 11.7. The second-order valence-corrected chi connectivity index (χ2v) is 10.4. The van der Waals surface area contributed by atoms with Gasteiger partial charge in [0.1, 0.15) is 6.61 Å². The number of aliphatic imine (C=N–C) groups is 1. The zero-order valence-corrected chi connectivity index (χ0v) is 23.2. The van der Waals surface area contributed by atoms with Crippen LogP contribution in [-0.2, 0) is 11.4 Å². The summed E-state index contributed by atoms with van der Waals surface area (Å²) in [4.78, 5) is 17.4. The number of carbonyl (C=O) groups excluding carboxylic acids is 1. The van der Waals surface area contributed by atoms with E-state index in [2.05, 4.69) is 10.3 Å². The lowest BCUT2D eigenvalue weighted by Gasteiger charge is -2.15. The van der Waals surface area contributed by atoms with Crippen LogP contribution in [0.4, 0.5) is 5.69 Å². The average molecular weight is 603 g/mol. The molecule has 1 saturated heterocycles. The maximum atomic E-state index is 12.6. The highest BCUT2D eigenvalue weighted by Gasteiger charge is 2.25. The molecule has 1 N–H and O–H groups in total. The maximum Gasteiger partial charge on any atom is 0.264 e. The second-order valence-electron chi connectivity index (χ2n) is 7.34. The molecule has 1 aliphatic rings. The largest absolute Gasteiger partial charge is 0.490 e. The zero-order valence-electron chi connectivity index (χ0n) is 18.6.